The minimum atomic E-state index is 0.149. The van der Waals surface area contributed by atoms with Gasteiger partial charge in [-0.1, -0.05) is 24.6 Å². The molecule has 0 aliphatic heterocycles. The van der Waals surface area contributed by atoms with Gasteiger partial charge in [-0.05, 0) is 58.0 Å². The lowest BCUT2D eigenvalue weighted by atomic mass is 10.0. The molecule has 2 aromatic rings. The van der Waals surface area contributed by atoms with Crippen LogP contribution in [-0.4, -0.2) is 13.7 Å². The molecule has 20 heavy (non-hydrogen) atoms. The first-order valence-electron chi connectivity index (χ1n) is 6.47. The first kappa shape index (κ1) is 15.8. The van der Waals surface area contributed by atoms with E-state index in [1.54, 1.807) is 18.4 Å². The molecule has 0 saturated carbocycles. The fraction of sp³-hybridized carbons (Fsp3) is 0.333. The number of halogens is 2. The van der Waals surface area contributed by atoms with Crippen LogP contribution < -0.4 is 10.1 Å². The zero-order chi connectivity index (χ0) is 14.5. The molecule has 1 heterocycles. The van der Waals surface area contributed by atoms with E-state index in [1.807, 2.05) is 18.2 Å². The Morgan fingerprint density at radius 3 is 2.80 bits per heavy atom. The van der Waals surface area contributed by atoms with Crippen LogP contribution in [0.2, 0.25) is 5.02 Å². The Bertz CT molecular complexity index is 573. The molecule has 0 fully saturated rings. The van der Waals surface area contributed by atoms with E-state index in [0.29, 0.717) is 10.8 Å². The second-order valence-electron chi connectivity index (χ2n) is 4.41. The standard InChI is InChI=1S/C15H17BrClNOS/c1-3-7-18-14(15-11(16)6-8-20-15)10-4-5-12(17)13(9-10)19-2/h4-6,8-9,14,18H,3,7H2,1-2H3. The van der Waals surface area contributed by atoms with Crippen molar-refractivity contribution in [1.29, 1.82) is 0 Å². The second kappa shape index (κ2) is 7.46. The SMILES string of the molecule is CCCNC(c1ccc(Cl)c(OC)c1)c1sccc1Br. The quantitative estimate of drug-likeness (QED) is 0.744. The lowest BCUT2D eigenvalue weighted by molar-refractivity contribution is 0.414. The molecule has 1 N–H and O–H groups in total. The van der Waals surface area contributed by atoms with Crippen molar-refractivity contribution >= 4 is 38.9 Å². The number of benzene rings is 1. The van der Waals surface area contributed by atoms with E-state index in [1.165, 1.54) is 4.88 Å². The Balaban J connectivity index is 2.38. The van der Waals surface area contributed by atoms with E-state index < -0.39 is 0 Å². The van der Waals surface area contributed by atoms with Gasteiger partial charge in [-0.25, -0.2) is 0 Å². The molecule has 0 amide bonds. The number of nitrogens with one attached hydrogen (secondary N) is 1. The third kappa shape index (κ3) is 3.55. The summed E-state index contributed by atoms with van der Waals surface area (Å²) in [6.07, 6.45) is 1.09. The van der Waals surface area contributed by atoms with Gasteiger partial charge in [0, 0.05) is 9.35 Å². The summed E-state index contributed by atoms with van der Waals surface area (Å²) in [5, 5.41) is 6.31. The number of ether oxygens (including phenoxy) is 1. The van der Waals surface area contributed by atoms with Crippen LogP contribution in [-0.2, 0) is 0 Å². The predicted molar refractivity (Wildman–Crippen MR) is 90.2 cm³/mol. The van der Waals surface area contributed by atoms with Gasteiger partial charge in [-0.2, -0.15) is 0 Å². The fourth-order valence-electron chi connectivity index (χ4n) is 2.02. The Morgan fingerprint density at radius 2 is 2.20 bits per heavy atom. The topological polar surface area (TPSA) is 21.3 Å². The van der Waals surface area contributed by atoms with Crippen LogP contribution in [0, 0.1) is 0 Å². The number of thiophene rings is 1. The van der Waals surface area contributed by atoms with Crippen LogP contribution in [0.5, 0.6) is 5.75 Å². The highest BCUT2D eigenvalue weighted by Crippen LogP contribution is 2.36. The molecule has 0 bridgehead atoms. The predicted octanol–water partition coefficient (Wildman–Crippen LogP) is 5.26. The van der Waals surface area contributed by atoms with Crippen molar-refractivity contribution in [3.8, 4) is 5.75 Å². The molecule has 1 atom stereocenters. The molecular formula is C15H17BrClNOS. The molecule has 0 saturated heterocycles. The molecule has 2 nitrogen and oxygen atoms in total. The van der Waals surface area contributed by atoms with Gasteiger partial charge in [-0.3, -0.25) is 0 Å². The summed E-state index contributed by atoms with van der Waals surface area (Å²) in [6.45, 7) is 3.12. The second-order valence-corrected chi connectivity index (χ2v) is 6.62. The number of rotatable bonds is 6. The van der Waals surface area contributed by atoms with E-state index >= 15 is 0 Å². The zero-order valence-electron chi connectivity index (χ0n) is 11.5. The summed E-state index contributed by atoms with van der Waals surface area (Å²) in [5.74, 6) is 0.708. The summed E-state index contributed by atoms with van der Waals surface area (Å²) < 4.78 is 6.45. The van der Waals surface area contributed by atoms with Crippen LogP contribution in [0.1, 0.15) is 29.8 Å². The highest BCUT2D eigenvalue weighted by atomic mass is 79.9. The molecule has 5 heteroatoms. The summed E-state index contributed by atoms with van der Waals surface area (Å²) in [5.41, 5.74) is 1.16. The Morgan fingerprint density at radius 1 is 1.40 bits per heavy atom. The van der Waals surface area contributed by atoms with Crippen molar-refractivity contribution in [1.82, 2.24) is 5.32 Å². The van der Waals surface area contributed by atoms with Crippen LogP contribution in [0.15, 0.2) is 34.1 Å². The Kier molecular flexibility index (Phi) is 5.90. The molecule has 108 valence electrons. The molecule has 0 aliphatic carbocycles. The van der Waals surface area contributed by atoms with E-state index in [4.69, 9.17) is 16.3 Å². The largest absolute Gasteiger partial charge is 0.495 e. The summed E-state index contributed by atoms with van der Waals surface area (Å²) in [4.78, 5) is 1.27. The van der Waals surface area contributed by atoms with E-state index in [-0.39, 0.29) is 6.04 Å². The lowest BCUT2D eigenvalue weighted by Gasteiger charge is -2.19. The van der Waals surface area contributed by atoms with Crippen LogP contribution in [0.3, 0.4) is 0 Å². The highest BCUT2D eigenvalue weighted by molar-refractivity contribution is 9.10. The Hall–Kier alpha value is -0.550. The van der Waals surface area contributed by atoms with Gasteiger partial charge < -0.3 is 10.1 Å². The van der Waals surface area contributed by atoms with E-state index in [0.717, 1.165) is 23.0 Å². The van der Waals surface area contributed by atoms with Crippen LogP contribution in [0.25, 0.3) is 0 Å². The first-order valence-corrected chi connectivity index (χ1v) is 8.52. The van der Waals surface area contributed by atoms with Crippen molar-refractivity contribution in [2.24, 2.45) is 0 Å². The van der Waals surface area contributed by atoms with Gasteiger partial charge >= 0.3 is 0 Å². The van der Waals surface area contributed by atoms with Crippen LogP contribution in [0.4, 0.5) is 0 Å². The smallest absolute Gasteiger partial charge is 0.137 e. The number of hydrogen-bond acceptors (Lipinski definition) is 3. The van der Waals surface area contributed by atoms with Crippen molar-refractivity contribution in [2.75, 3.05) is 13.7 Å². The minimum Gasteiger partial charge on any atom is -0.495 e. The molecule has 1 aromatic carbocycles. The fourth-order valence-corrected chi connectivity index (χ4v) is 3.92. The van der Waals surface area contributed by atoms with Gasteiger partial charge in [0.05, 0.1) is 18.2 Å². The maximum Gasteiger partial charge on any atom is 0.137 e. The lowest BCUT2D eigenvalue weighted by Crippen LogP contribution is -2.22. The van der Waals surface area contributed by atoms with Gasteiger partial charge in [0.15, 0.2) is 0 Å². The first-order chi connectivity index (χ1) is 9.67. The number of hydrogen-bond donors (Lipinski definition) is 1. The van der Waals surface area contributed by atoms with Crippen molar-refractivity contribution in [2.45, 2.75) is 19.4 Å². The third-order valence-electron chi connectivity index (χ3n) is 3.01. The summed E-state index contributed by atoms with van der Waals surface area (Å²) >= 11 is 11.5. The molecule has 0 radical (unpaired) electrons. The number of methoxy groups -OCH3 is 1. The molecule has 2 rings (SSSR count). The van der Waals surface area contributed by atoms with Crippen molar-refractivity contribution < 1.29 is 4.74 Å². The third-order valence-corrected chi connectivity index (χ3v) is 5.26. The van der Waals surface area contributed by atoms with Crippen molar-refractivity contribution in [3.63, 3.8) is 0 Å². The van der Waals surface area contributed by atoms with Crippen LogP contribution >= 0.6 is 38.9 Å². The summed E-state index contributed by atoms with van der Waals surface area (Å²) in [7, 11) is 1.64. The van der Waals surface area contributed by atoms with Gasteiger partial charge in [0.2, 0.25) is 0 Å². The van der Waals surface area contributed by atoms with Gasteiger partial charge in [0.25, 0.3) is 0 Å². The monoisotopic (exact) mass is 373 g/mol. The molecule has 1 unspecified atom stereocenters. The van der Waals surface area contributed by atoms with Gasteiger partial charge in [-0.15, -0.1) is 11.3 Å². The normalized spacial score (nSPS) is 12.4. The van der Waals surface area contributed by atoms with E-state index in [2.05, 4.69) is 39.6 Å². The average molecular weight is 375 g/mol. The molecule has 0 spiro atoms. The zero-order valence-corrected chi connectivity index (χ0v) is 14.6. The van der Waals surface area contributed by atoms with Gasteiger partial charge in [0.1, 0.15) is 5.75 Å². The molecular weight excluding hydrogens is 358 g/mol. The van der Waals surface area contributed by atoms with Crippen molar-refractivity contribution in [3.05, 3.63) is 49.6 Å². The molecule has 1 aromatic heterocycles. The maximum absolute atomic E-state index is 6.11. The Labute approximate surface area is 137 Å². The van der Waals surface area contributed by atoms with E-state index in [9.17, 15) is 0 Å². The minimum absolute atomic E-state index is 0.149. The maximum atomic E-state index is 6.11. The highest BCUT2D eigenvalue weighted by Gasteiger charge is 2.18. The average Bonchev–Trinajstić information content (AvgIpc) is 2.87. The molecule has 0 aliphatic rings. The summed E-state index contributed by atoms with van der Waals surface area (Å²) in [6, 6.07) is 8.16.